The summed E-state index contributed by atoms with van der Waals surface area (Å²) in [5.74, 6) is 1.02. The van der Waals surface area contributed by atoms with Crippen molar-refractivity contribution in [2.75, 3.05) is 12.8 Å². The third kappa shape index (κ3) is 2.90. The van der Waals surface area contributed by atoms with Crippen LogP contribution in [0.4, 0.5) is 0 Å². The summed E-state index contributed by atoms with van der Waals surface area (Å²) in [5.41, 5.74) is 0. The van der Waals surface area contributed by atoms with E-state index in [1.165, 1.54) is 51.5 Å². The smallest absolute Gasteiger partial charge is 0.00777 e. The molecule has 0 aromatic carbocycles. The van der Waals surface area contributed by atoms with Gasteiger partial charge in [-0.15, -0.1) is 0 Å². The van der Waals surface area contributed by atoms with Crippen LogP contribution in [0.25, 0.3) is 0 Å². The van der Waals surface area contributed by atoms with Gasteiger partial charge in [-0.05, 0) is 50.8 Å². The van der Waals surface area contributed by atoms with Crippen molar-refractivity contribution in [3.8, 4) is 0 Å². The predicted octanol–water partition coefficient (Wildman–Crippen LogP) is 3.05. The van der Waals surface area contributed by atoms with E-state index in [2.05, 4.69) is 23.3 Å². The molecular weight excluding hydrogens is 190 g/mol. The van der Waals surface area contributed by atoms with Crippen molar-refractivity contribution in [1.29, 1.82) is 0 Å². The minimum absolute atomic E-state index is 0.835. The fourth-order valence-electron chi connectivity index (χ4n) is 2.57. The van der Waals surface area contributed by atoms with Gasteiger partial charge in [-0.2, -0.15) is 11.8 Å². The van der Waals surface area contributed by atoms with E-state index in [1.54, 1.807) is 0 Å². The summed E-state index contributed by atoms with van der Waals surface area (Å²) >= 11 is 2.06. The van der Waals surface area contributed by atoms with E-state index in [1.807, 2.05) is 0 Å². The summed E-state index contributed by atoms with van der Waals surface area (Å²) in [6.45, 7) is 1.30. The maximum absolute atomic E-state index is 3.77. The predicted molar refractivity (Wildman–Crippen MR) is 64.9 cm³/mol. The van der Waals surface area contributed by atoms with E-state index in [-0.39, 0.29) is 0 Å². The Morgan fingerprint density at radius 2 is 1.93 bits per heavy atom. The summed E-state index contributed by atoms with van der Waals surface area (Å²) < 4.78 is 0. The summed E-state index contributed by atoms with van der Waals surface area (Å²) in [5, 5.41) is 4.71. The van der Waals surface area contributed by atoms with Crippen LogP contribution in [0.3, 0.4) is 0 Å². The molecule has 82 valence electrons. The van der Waals surface area contributed by atoms with Crippen LogP contribution in [-0.2, 0) is 0 Å². The molecule has 0 aromatic rings. The first-order chi connectivity index (χ1) is 6.88. The molecule has 0 saturated heterocycles. The highest BCUT2D eigenvalue weighted by molar-refractivity contribution is 7.99. The molecule has 2 fully saturated rings. The van der Waals surface area contributed by atoms with Crippen molar-refractivity contribution in [3.63, 3.8) is 0 Å². The highest BCUT2D eigenvalue weighted by Gasteiger charge is 2.23. The lowest BCUT2D eigenvalue weighted by molar-refractivity contribution is 0.272. The van der Waals surface area contributed by atoms with E-state index in [0.717, 1.165) is 17.2 Å². The molecule has 2 rings (SSSR count). The van der Waals surface area contributed by atoms with Gasteiger partial charge < -0.3 is 5.32 Å². The molecule has 2 unspecified atom stereocenters. The average Bonchev–Trinajstić information content (AvgIpc) is 2.16. The van der Waals surface area contributed by atoms with Crippen LogP contribution in [0.1, 0.15) is 44.9 Å². The fourth-order valence-corrected chi connectivity index (χ4v) is 3.40. The zero-order valence-electron chi connectivity index (χ0n) is 9.30. The second-order valence-electron chi connectivity index (χ2n) is 4.93. The molecule has 0 heterocycles. The van der Waals surface area contributed by atoms with Crippen LogP contribution in [-0.4, -0.2) is 24.1 Å². The van der Waals surface area contributed by atoms with Crippen LogP contribution in [0.5, 0.6) is 0 Å². The molecule has 2 heteroatoms. The lowest BCUT2D eigenvalue weighted by Gasteiger charge is -2.32. The molecule has 2 atom stereocenters. The van der Waals surface area contributed by atoms with E-state index < -0.39 is 0 Å². The molecule has 0 aromatic heterocycles. The minimum atomic E-state index is 0.835. The zero-order valence-corrected chi connectivity index (χ0v) is 10.1. The van der Waals surface area contributed by atoms with Gasteiger partial charge in [0.25, 0.3) is 0 Å². The molecule has 0 radical (unpaired) electrons. The minimum Gasteiger partial charge on any atom is -0.314 e. The van der Waals surface area contributed by atoms with E-state index in [9.17, 15) is 0 Å². The maximum atomic E-state index is 3.77. The van der Waals surface area contributed by atoms with E-state index in [0.29, 0.717) is 0 Å². The monoisotopic (exact) mass is 213 g/mol. The van der Waals surface area contributed by atoms with Gasteiger partial charge in [-0.25, -0.2) is 0 Å². The van der Waals surface area contributed by atoms with Crippen molar-refractivity contribution in [2.24, 2.45) is 5.92 Å². The molecule has 0 bridgehead atoms. The maximum Gasteiger partial charge on any atom is 0.00777 e. The Labute approximate surface area is 92.4 Å². The topological polar surface area (TPSA) is 12.0 Å². The molecule has 1 N–H and O–H groups in total. The number of thioether (sulfide) groups is 1. The van der Waals surface area contributed by atoms with Gasteiger partial charge >= 0.3 is 0 Å². The third-order valence-corrected chi connectivity index (χ3v) is 4.97. The van der Waals surface area contributed by atoms with Crippen molar-refractivity contribution in [1.82, 2.24) is 5.32 Å². The Kier molecular flexibility index (Phi) is 4.18. The first-order valence-electron chi connectivity index (χ1n) is 6.14. The summed E-state index contributed by atoms with van der Waals surface area (Å²) in [7, 11) is 0. The Balaban J connectivity index is 1.63. The van der Waals surface area contributed by atoms with Gasteiger partial charge in [0.2, 0.25) is 0 Å². The highest BCUT2D eigenvalue weighted by Crippen LogP contribution is 2.29. The summed E-state index contributed by atoms with van der Waals surface area (Å²) in [4.78, 5) is 0. The Morgan fingerprint density at radius 3 is 2.57 bits per heavy atom. The standard InChI is InChI=1S/C12H23NS/c1-14-12-7-3-6-11(8-12)13-9-10-4-2-5-10/h10-13H,2-9H2,1H3. The second kappa shape index (κ2) is 5.41. The lowest BCUT2D eigenvalue weighted by Crippen LogP contribution is -2.39. The molecule has 1 nitrogen and oxygen atoms in total. The first kappa shape index (κ1) is 10.8. The van der Waals surface area contributed by atoms with Crippen molar-refractivity contribution >= 4 is 11.8 Å². The van der Waals surface area contributed by atoms with Crippen LogP contribution in [0.15, 0.2) is 0 Å². The van der Waals surface area contributed by atoms with E-state index in [4.69, 9.17) is 0 Å². The third-order valence-electron chi connectivity index (χ3n) is 3.88. The van der Waals surface area contributed by atoms with Crippen molar-refractivity contribution in [3.05, 3.63) is 0 Å². The second-order valence-corrected chi connectivity index (χ2v) is 6.06. The molecule has 14 heavy (non-hydrogen) atoms. The number of rotatable bonds is 4. The number of hydrogen-bond donors (Lipinski definition) is 1. The molecule has 2 saturated carbocycles. The van der Waals surface area contributed by atoms with Gasteiger partial charge in [0.15, 0.2) is 0 Å². The first-order valence-corrected chi connectivity index (χ1v) is 7.43. The quantitative estimate of drug-likeness (QED) is 0.770. The van der Waals surface area contributed by atoms with Crippen LogP contribution >= 0.6 is 11.8 Å². The van der Waals surface area contributed by atoms with Gasteiger partial charge in [-0.1, -0.05) is 12.8 Å². The molecule has 2 aliphatic carbocycles. The van der Waals surface area contributed by atoms with Crippen LogP contribution < -0.4 is 5.32 Å². The summed E-state index contributed by atoms with van der Waals surface area (Å²) in [6.07, 6.45) is 12.4. The molecule has 0 spiro atoms. The molecule has 0 amide bonds. The van der Waals surface area contributed by atoms with Crippen LogP contribution in [0, 0.1) is 5.92 Å². The Morgan fingerprint density at radius 1 is 1.14 bits per heavy atom. The highest BCUT2D eigenvalue weighted by atomic mass is 32.2. The lowest BCUT2D eigenvalue weighted by atomic mass is 9.85. The Hall–Kier alpha value is 0.310. The zero-order chi connectivity index (χ0) is 9.80. The van der Waals surface area contributed by atoms with Crippen LogP contribution in [0.2, 0.25) is 0 Å². The van der Waals surface area contributed by atoms with Gasteiger partial charge in [0.05, 0.1) is 0 Å². The number of hydrogen-bond acceptors (Lipinski definition) is 2. The summed E-state index contributed by atoms with van der Waals surface area (Å²) in [6, 6.07) is 0.835. The SMILES string of the molecule is CSC1CCCC(NCC2CCC2)C1. The van der Waals surface area contributed by atoms with E-state index >= 15 is 0 Å². The molecule has 2 aliphatic rings. The van der Waals surface area contributed by atoms with Crippen molar-refractivity contribution < 1.29 is 0 Å². The average molecular weight is 213 g/mol. The van der Waals surface area contributed by atoms with Gasteiger partial charge in [0, 0.05) is 11.3 Å². The Bertz CT molecular complexity index is 168. The normalized spacial score (nSPS) is 34.1. The van der Waals surface area contributed by atoms with Gasteiger partial charge in [-0.3, -0.25) is 0 Å². The fraction of sp³-hybridized carbons (Fsp3) is 1.00. The van der Waals surface area contributed by atoms with Crippen molar-refractivity contribution in [2.45, 2.75) is 56.2 Å². The number of nitrogens with one attached hydrogen (secondary N) is 1. The van der Waals surface area contributed by atoms with Gasteiger partial charge in [0.1, 0.15) is 0 Å². The largest absolute Gasteiger partial charge is 0.314 e. The molecule has 0 aliphatic heterocycles. The molecular formula is C12H23NS.